The minimum Gasteiger partial charge on any atom is -0.298 e. The summed E-state index contributed by atoms with van der Waals surface area (Å²) in [6.07, 6.45) is 0.671. The van der Waals surface area contributed by atoms with Gasteiger partial charge in [0.2, 0.25) is 0 Å². The van der Waals surface area contributed by atoms with Crippen LogP contribution in [0, 0.1) is 0 Å². The van der Waals surface area contributed by atoms with E-state index in [0.29, 0.717) is 17.5 Å². The highest BCUT2D eigenvalue weighted by Crippen LogP contribution is 2.07. The van der Waals surface area contributed by atoms with Gasteiger partial charge in [0.15, 0.2) is 5.78 Å². The van der Waals surface area contributed by atoms with Crippen molar-refractivity contribution in [2.45, 2.75) is 12.8 Å². The predicted octanol–water partition coefficient (Wildman–Crippen LogP) is 1.84. The fraction of sp³-hybridized carbons (Fsp3) is 0.222. The van der Waals surface area contributed by atoms with Gasteiger partial charge in [0.05, 0.1) is 11.6 Å². The molecule has 1 rings (SSSR count). The Balaban J connectivity index is 3.22. The van der Waals surface area contributed by atoms with E-state index in [0.717, 1.165) is 0 Å². The fourth-order valence-electron chi connectivity index (χ4n) is 0.928. The van der Waals surface area contributed by atoms with Crippen LogP contribution in [0.25, 0.3) is 0 Å². The SMILES string of the molecule is CC(=O)c1cc(C=O)cc(CCl)n1. The van der Waals surface area contributed by atoms with Crippen LogP contribution in [0.4, 0.5) is 0 Å². The number of rotatable bonds is 3. The van der Waals surface area contributed by atoms with Crippen LogP contribution in [0.3, 0.4) is 0 Å². The molecular formula is C9H8ClNO2. The zero-order chi connectivity index (χ0) is 9.84. The second-order valence-electron chi connectivity index (χ2n) is 2.58. The molecule has 0 aliphatic heterocycles. The molecule has 3 nitrogen and oxygen atoms in total. The molecule has 1 aromatic heterocycles. The summed E-state index contributed by atoms with van der Waals surface area (Å²) in [6.45, 7) is 1.40. The lowest BCUT2D eigenvalue weighted by atomic mass is 10.2. The number of pyridine rings is 1. The number of halogens is 1. The van der Waals surface area contributed by atoms with Crippen molar-refractivity contribution in [3.05, 3.63) is 29.1 Å². The third-order valence-corrected chi connectivity index (χ3v) is 1.81. The lowest BCUT2D eigenvalue weighted by Crippen LogP contribution is -2.01. The Labute approximate surface area is 80.7 Å². The molecule has 0 amide bonds. The minimum atomic E-state index is -0.171. The molecule has 0 aliphatic carbocycles. The van der Waals surface area contributed by atoms with Crippen LogP contribution in [-0.2, 0) is 5.88 Å². The number of nitrogens with zero attached hydrogens (tertiary/aromatic N) is 1. The zero-order valence-electron chi connectivity index (χ0n) is 7.08. The summed E-state index contributed by atoms with van der Waals surface area (Å²) in [5, 5.41) is 0. The van der Waals surface area contributed by atoms with Gasteiger partial charge in [-0.05, 0) is 12.1 Å². The number of ketones is 1. The predicted molar refractivity (Wildman–Crippen MR) is 49.2 cm³/mol. The van der Waals surface area contributed by atoms with Gasteiger partial charge in [-0.15, -0.1) is 11.6 Å². The van der Waals surface area contributed by atoms with Gasteiger partial charge in [0.1, 0.15) is 12.0 Å². The van der Waals surface area contributed by atoms with Crippen molar-refractivity contribution in [1.82, 2.24) is 4.98 Å². The molecule has 0 atom stereocenters. The highest BCUT2D eigenvalue weighted by atomic mass is 35.5. The maximum absolute atomic E-state index is 11.0. The van der Waals surface area contributed by atoms with Crippen molar-refractivity contribution in [3.63, 3.8) is 0 Å². The van der Waals surface area contributed by atoms with Crippen LogP contribution in [-0.4, -0.2) is 17.1 Å². The molecule has 68 valence electrons. The average Bonchev–Trinajstić information content (AvgIpc) is 2.16. The van der Waals surface area contributed by atoms with E-state index in [-0.39, 0.29) is 17.4 Å². The first-order chi connectivity index (χ1) is 6.17. The number of aromatic nitrogens is 1. The molecule has 0 aliphatic rings. The number of carbonyl (C=O) groups is 2. The van der Waals surface area contributed by atoms with E-state index in [1.165, 1.54) is 13.0 Å². The summed E-state index contributed by atoms with van der Waals surface area (Å²) in [5.41, 5.74) is 1.24. The molecule has 0 bridgehead atoms. The topological polar surface area (TPSA) is 47.0 Å². The largest absolute Gasteiger partial charge is 0.298 e. The van der Waals surface area contributed by atoms with Crippen LogP contribution in [0.2, 0.25) is 0 Å². The maximum atomic E-state index is 11.0. The number of hydrogen-bond acceptors (Lipinski definition) is 3. The quantitative estimate of drug-likeness (QED) is 0.422. The van der Waals surface area contributed by atoms with Crippen molar-refractivity contribution in [2.24, 2.45) is 0 Å². The third kappa shape index (κ3) is 2.36. The summed E-state index contributed by atoms with van der Waals surface area (Å²) in [7, 11) is 0. The molecular weight excluding hydrogens is 190 g/mol. The van der Waals surface area contributed by atoms with E-state index in [2.05, 4.69) is 4.98 Å². The molecule has 0 radical (unpaired) electrons. The summed E-state index contributed by atoms with van der Waals surface area (Å²) in [4.78, 5) is 25.4. The van der Waals surface area contributed by atoms with Crippen LogP contribution in [0.1, 0.15) is 33.5 Å². The van der Waals surface area contributed by atoms with Gasteiger partial charge in [-0.3, -0.25) is 9.59 Å². The van der Waals surface area contributed by atoms with Crippen molar-refractivity contribution < 1.29 is 9.59 Å². The van der Waals surface area contributed by atoms with E-state index in [1.54, 1.807) is 6.07 Å². The molecule has 1 heterocycles. The van der Waals surface area contributed by atoms with Crippen molar-refractivity contribution in [2.75, 3.05) is 0 Å². The highest BCUT2D eigenvalue weighted by Gasteiger charge is 2.05. The second-order valence-corrected chi connectivity index (χ2v) is 2.85. The number of aldehydes is 1. The Morgan fingerprint density at radius 1 is 1.62 bits per heavy atom. The first-order valence-electron chi connectivity index (χ1n) is 3.70. The monoisotopic (exact) mass is 197 g/mol. The van der Waals surface area contributed by atoms with E-state index in [9.17, 15) is 9.59 Å². The van der Waals surface area contributed by atoms with Crippen LogP contribution < -0.4 is 0 Å². The molecule has 4 heteroatoms. The normalized spacial score (nSPS) is 9.69. The lowest BCUT2D eigenvalue weighted by molar-refractivity contribution is 0.101. The first kappa shape index (κ1) is 9.86. The summed E-state index contributed by atoms with van der Waals surface area (Å²) in [5.74, 6) is 0.0252. The maximum Gasteiger partial charge on any atom is 0.178 e. The summed E-state index contributed by atoms with van der Waals surface area (Å²) >= 11 is 5.54. The summed E-state index contributed by atoms with van der Waals surface area (Å²) in [6, 6.07) is 3.01. The number of Topliss-reactive ketones (excluding diaryl/α,β-unsaturated/α-hetero) is 1. The second kappa shape index (κ2) is 4.14. The number of hydrogen-bond donors (Lipinski definition) is 0. The minimum absolute atomic E-state index is 0.171. The van der Waals surface area contributed by atoms with Gasteiger partial charge in [-0.1, -0.05) is 0 Å². The van der Waals surface area contributed by atoms with Gasteiger partial charge in [-0.2, -0.15) is 0 Å². The Hall–Kier alpha value is -1.22. The van der Waals surface area contributed by atoms with Crippen molar-refractivity contribution in [1.29, 1.82) is 0 Å². The first-order valence-corrected chi connectivity index (χ1v) is 4.24. The van der Waals surface area contributed by atoms with Crippen LogP contribution in [0.5, 0.6) is 0 Å². The molecule has 0 saturated carbocycles. The Bertz CT molecular complexity index is 349. The van der Waals surface area contributed by atoms with E-state index in [4.69, 9.17) is 11.6 Å². The van der Waals surface area contributed by atoms with E-state index >= 15 is 0 Å². The van der Waals surface area contributed by atoms with Gasteiger partial charge in [0, 0.05) is 12.5 Å². The molecule has 0 aromatic carbocycles. The molecule has 0 spiro atoms. The van der Waals surface area contributed by atoms with Gasteiger partial charge >= 0.3 is 0 Å². The van der Waals surface area contributed by atoms with Gasteiger partial charge in [-0.25, -0.2) is 4.98 Å². The van der Waals surface area contributed by atoms with E-state index < -0.39 is 0 Å². The van der Waals surface area contributed by atoms with Crippen LogP contribution >= 0.6 is 11.6 Å². The van der Waals surface area contributed by atoms with Gasteiger partial charge in [0.25, 0.3) is 0 Å². The number of carbonyl (C=O) groups excluding carboxylic acids is 2. The van der Waals surface area contributed by atoms with E-state index in [1.807, 2.05) is 0 Å². The standard InChI is InChI=1S/C9H8ClNO2/c1-6(13)9-3-7(5-12)2-8(4-10)11-9/h2-3,5H,4H2,1H3. The molecule has 0 N–H and O–H groups in total. The smallest absolute Gasteiger partial charge is 0.178 e. The molecule has 1 aromatic rings. The zero-order valence-corrected chi connectivity index (χ0v) is 7.84. The van der Waals surface area contributed by atoms with Crippen molar-refractivity contribution >= 4 is 23.7 Å². The highest BCUT2D eigenvalue weighted by molar-refractivity contribution is 6.17. The Morgan fingerprint density at radius 2 is 2.31 bits per heavy atom. The Morgan fingerprint density at radius 3 is 2.77 bits per heavy atom. The molecule has 0 unspecified atom stereocenters. The average molecular weight is 198 g/mol. The van der Waals surface area contributed by atoms with Crippen molar-refractivity contribution in [3.8, 4) is 0 Å². The number of alkyl halides is 1. The fourth-order valence-corrected chi connectivity index (χ4v) is 1.06. The Kier molecular flexibility index (Phi) is 3.14. The van der Waals surface area contributed by atoms with Gasteiger partial charge < -0.3 is 0 Å². The molecule has 0 fully saturated rings. The molecule has 13 heavy (non-hydrogen) atoms. The summed E-state index contributed by atoms with van der Waals surface area (Å²) < 4.78 is 0. The molecule has 0 saturated heterocycles. The lowest BCUT2D eigenvalue weighted by Gasteiger charge is -1.99. The third-order valence-electron chi connectivity index (χ3n) is 1.53. The van der Waals surface area contributed by atoms with Crippen LogP contribution in [0.15, 0.2) is 12.1 Å².